The molecule has 0 unspecified atom stereocenters. The largest absolute Gasteiger partial charge is 0.495 e. The number of nitrogens with zero attached hydrogens (tertiary/aromatic N) is 7. The molecule has 0 bridgehead atoms. The summed E-state index contributed by atoms with van der Waals surface area (Å²) < 4.78 is 58.6. The van der Waals surface area contributed by atoms with Gasteiger partial charge in [-0.1, -0.05) is 133 Å². The van der Waals surface area contributed by atoms with Crippen molar-refractivity contribution in [3.63, 3.8) is 0 Å². The molecule has 10 aliphatic rings. The molecule has 0 saturated carbocycles. The van der Waals surface area contributed by atoms with E-state index in [0.717, 1.165) is 69.9 Å². The van der Waals surface area contributed by atoms with Crippen LogP contribution in [0, 0.1) is 0 Å². The van der Waals surface area contributed by atoms with Crippen molar-refractivity contribution in [1.29, 1.82) is 0 Å². The van der Waals surface area contributed by atoms with Crippen molar-refractivity contribution >= 4 is 80.0 Å². The van der Waals surface area contributed by atoms with E-state index in [9.17, 15) is 42.0 Å². The maximum absolute atomic E-state index is 12.9. The molecule has 5 fully saturated rings. The van der Waals surface area contributed by atoms with Gasteiger partial charge in [-0.15, -0.1) is 0 Å². The van der Waals surface area contributed by atoms with E-state index in [1.165, 1.54) is 99.9 Å². The van der Waals surface area contributed by atoms with Gasteiger partial charge in [0, 0.05) is 126 Å². The van der Waals surface area contributed by atoms with E-state index in [0.29, 0.717) is 149 Å². The van der Waals surface area contributed by atoms with Gasteiger partial charge < -0.3 is 68.9 Å². The smallest absolute Gasteiger partial charge is 0.255 e. The number of likely N-dealkylation sites (tertiary alicyclic amines) is 5. The lowest BCUT2D eigenvalue weighted by Gasteiger charge is -2.39. The van der Waals surface area contributed by atoms with Crippen LogP contribution >= 0.6 is 11.6 Å². The SMILES string of the molecule is CC(=O)N(C)c1ccc(C(=O)N2CCC3(CC2)OCc2ccccc23)cc1.CC(=O)Nc1ccc(C(=O)N2CCC3(CC2)OCc2ccccc23)cc1.COc1cc(C(=O)N2CCC3(CC2)OCc2ccccc23)ccc1N.NS(=O)(=O)c1ccc(C(=O)N2CCC3(CC2)OCc2ccccc23)cc1.O=C(c1ccc(Cl)nc1)N1CCC2(CC1)OCc1ccccc12. The number of nitrogen functional groups attached to an aromatic ring is 1. The van der Waals surface area contributed by atoms with Gasteiger partial charge in [0.05, 0.1) is 84.3 Å². The summed E-state index contributed by atoms with van der Waals surface area (Å²) in [6.45, 7) is 12.9. The quantitative estimate of drug-likeness (QED) is 0.0893. The van der Waals surface area contributed by atoms with Crippen LogP contribution in [0.2, 0.25) is 5.15 Å². The minimum atomic E-state index is -3.76. The molecule has 5 saturated heterocycles. The highest BCUT2D eigenvalue weighted by Crippen LogP contribution is 2.50. The minimum Gasteiger partial charge on any atom is -0.495 e. The van der Waals surface area contributed by atoms with Crippen LogP contribution in [-0.4, -0.2) is 159 Å². The van der Waals surface area contributed by atoms with Crippen molar-refractivity contribution < 1.29 is 70.4 Å². The first-order chi connectivity index (χ1) is 61.3. The number of aromatic nitrogens is 1. The summed E-state index contributed by atoms with van der Waals surface area (Å²) >= 11 is 5.78. The molecule has 0 aliphatic carbocycles. The zero-order valence-corrected chi connectivity index (χ0v) is 73.4. The monoisotopic (exact) mass is 1750 g/mol. The number of benzene rings is 9. The second-order valence-corrected chi connectivity index (χ2v) is 35.9. The first kappa shape index (κ1) is 88.5. The minimum absolute atomic E-state index is 0.00242. The van der Waals surface area contributed by atoms with Crippen molar-refractivity contribution in [2.24, 2.45) is 5.14 Å². The number of nitrogens with two attached hydrogens (primary N) is 2. The van der Waals surface area contributed by atoms with E-state index in [4.69, 9.17) is 50.9 Å². The van der Waals surface area contributed by atoms with Crippen molar-refractivity contribution in [1.82, 2.24) is 29.5 Å². The Balaban J connectivity index is 0.000000117. The van der Waals surface area contributed by atoms with Crippen LogP contribution in [0.5, 0.6) is 5.75 Å². The number of carbonyl (C=O) groups is 7. The normalized spacial score (nSPS) is 18.2. The first-order valence-corrected chi connectivity index (χ1v) is 45.2. The third-order valence-corrected chi connectivity index (χ3v) is 27.8. The number of hydrogen-bond donors (Lipinski definition) is 3. The van der Waals surface area contributed by atoms with Crippen LogP contribution in [0.4, 0.5) is 17.1 Å². The van der Waals surface area contributed by atoms with E-state index < -0.39 is 10.0 Å². The number of pyridine rings is 1. The van der Waals surface area contributed by atoms with Crippen molar-refractivity contribution in [3.05, 3.63) is 319 Å². The van der Waals surface area contributed by atoms with E-state index in [1.807, 2.05) is 68.1 Å². The highest BCUT2D eigenvalue weighted by Gasteiger charge is 2.49. The van der Waals surface area contributed by atoms with Gasteiger partial charge >= 0.3 is 0 Å². The zero-order valence-electron chi connectivity index (χ0n) is 71.8. The number of sulfonamides is 1. The molecule has 658 valence electrons. The van der Waals surface area contributed by atoms with E-state index in [1.54, 1.807) is 90.7 Å². The first-order valence-electron chi connectivity index (χ1n) is 43.3. The molecule has 5 N–H and O–H groups in total. The summed E-state index contributed by atoms with van der Waals surface area (Å²) in [5, 5.41) is 8.20. The Morgan fingerprint density at radius 3 is 0.976 bits per heavy atom. The third kappa shape index (κ3) is 18.8. The van der Waals surface area contributed by atoms with Crippen molar-refractivity contribution in [2.75, 3.05) is 95.6 Å². The number of anilines is 3. The standard InChI is InChI=1S/C22H24N2O3.C21H22N2O3.C20H22N2O3.C19H20N2O4S.C18H17ClN2O2/c1-16(25)23(2)19-9-7-17(8-10-19)21(26)24-13-11-22(12-14-24)20-6-4-3-5-18(20)15-27-22;1-15(24)22-18-8-6-16(7-9-18)20(25)23-12-10-21(11-13-23)19-5-3-2-4-17(19)14-26-21;1-24-18-12-14(6-7-17(18)21)19(23)22-10-8-20(9-11-22)16-5-3-2-4-15(16)13-25-20;20-26(23,24)16-7-5-14(6-8-16)18(22)21-11-9-19(10-12-21)17-4-2-1-3-15(17)13-25-19;19-16-6-5-13(11-20-16)17(22)21-9-7-18(8-10-21)15-4-2-1-3-14(15)12-23-18/h3-10H,11-15H2,1-2H3;2-9H,10-14H2,1H3,(H,22,24);2-7,12H,8-11,13,21H2,1H3;1-8H,9-13H2,(H2,20,23,24);1-6,11H,7-10,12H2. The van der Waals surface area contributed by atoms with Gasteiger partial charge in [-0.2, -0.15) is 0 Å². The molecule has 27 heteroatoms. The molecule has 25 nitrogen and oxygen atoms in total. The van der Waals surface area contributed by atoms with Crippen LogP contribution in [0.15, 0.2) is 236 Å². The van der Waals surface area contributed by atoms with Gasteiger partial charge in [0.1, 0.15) is 10.9 Å². The number of rotatable bonds is 9. The number of nitrogens with one attached hydrogen (secondary N) is 1. The van der Waals surface area contributed by atoms with Crippen molar-refractivity contribution in [3.8, 4) is 5.75 Å². The molecule has 9 aromatic carbocycles. The second-order valence-electron chi connectivity index (χ2n) is 33.9. The van der Waals surface area contributed by atoms with Gasteiger partial charge in [-0.05, 0) is 223 Å². The number of methoxy groups -OCH3 is 1. The maximum atomic E-state index is 12.9. The topological polar surface area (TPSA) is 305 Å². The number of fused-ring (bicyclic) bond motifs is 10. The van der Waals surface area contributed by atoms with Crippen LogP contribution < -0.4 is 25.8 Å². The van der Waals surface area contributed by atoms with Gasteiger partial charge in [0.25, 0.3) is 29.5 Å². The lowest BCUT2D eigenvalue weighted by Crippen LogP contribution is -2.45. The number of carbonyl (C=O) groups excluding carboxylic acids is 7. The highest BCUT2D eigenvalue weighted by atomic mass is 35.5. The van der Waals surface area contributed by atoms with Gasteiger partial charge in [0.15, 0.2) is 0 Å². The Hall–Kier alpha value is -12.0. The highest BCUT2D eigenvalue weighted by molar-refractivity contribution is 7.89. The summed E-state index contributed by atoms with van der Waals surface area (Å²) in [7, 11) is -0.475. The molecule has 1 aromatic heterocycles. The van der Waals surface area contributed by atoms with E-state index in [-0.39, 0.29) is 74.3 Å². The lowest BCUT2D eigenvalue weighted by atomic mass is 9.83. The summed E-state index contributed by atoms with van der Waals surface area (Å²) in [5.41, 5.74) is 22.3. The fraction of sp³-hybridized carbons (Fsp3) is 0.340. The molecule has 0 atom stereocenters. The Kier molecular flexibility index (Phi) is 26.1. The number of amides is 7. The number of primary sulfonamides is 1. The Bertz CT molecular complexity index is 5860. The summed E-state index contributed by atoms with van der Waals surface area (Å²) in [6.07, 6.45) is 9.63. The molecule has 10 aromatic rings. The van der Waals surface area contributed by atoms with E-state index >= 15 is 0 Å². The van der Waals surface area contributed by atoms with Crippen molar-refractivity contribution in [2.45, 2.75) is 144 Å². The van der Waals surface area contributed by atoms with Crippen LogP contribution in [0.3, 0.4) is 0 Å². The van der Waals surface area contributed by atoms with E-state index in [2.05, 4.69) is 95.2 Å². The predicted octanol–water partition coefficient (Wildman–Crippen LogP) is 15.0. The van der Waals surface area contributed by atoms with Gasteiger partial charge in [-0.3, -0.25) is 33.6 Å². The van der Waals surface area contributed by atoms with Crippen LogP contribution in [0.1, 0.15) is 185 Å². The fourth-order valence-electron chi connectivity index (χ4n) is 19.3. The molecular weight excluding hydrogens is 1650 g/mol. The molecule has 20 rings (SSSR count). The third-order valence-electron chi connectivity index (χ3n) is 26.7. The fourth-order valence-corrected chi connectivity index (χ4v) is 19.9. The molecule has 10 aliphatic heterocycles. The Labute approximate surface area is 745 Å². The number of piperidine rings is 5. The second kappa shape index (κ2) is 37.5. The molecule has 0 radical (unpaired) electrons. The summed E-state index contributed by atoms with van der Waals surface area (Å²) in [5.74, 6) is 0.359. The number of ether oxygens (including phenoxy) is 6. The predicted molar refractivity (Wildman–Crippen MR) is 481 cm³/mol. The average Bonchev–Trinajstić information content (AvgIpc) is 1.65. The van der Waals surface area contributed by atoms with Gasteiger partial charge in [-0.25, -0.2) is 18.5 Å². The molecule has 11 heterocycles. The molecule has 127 heavy (non-hydrogen) atoms. The summed E-state index contributed by atoms with van der Waals surface area (Å²) in [6, 6.07) is 70.4. The lowest BCUT2D eigenvalue weighted by molar-refractivity contribution is -0.116. The maximum Gasteiger partial charge on any atom is 0.255 e. The zero-order chi connectivity index (χ0) is 88.8. The van der Waals surface area contributed by atoms with Gasteiger partial charge in [0.2, 0.25) is 21.8 Å². The number of halogens is 1. The van der Waals surface area contributed by atoms with Crippen LogP contribution in [0.25, 0.3) is 0 Å². The summed E-state index contributed by atoms with van der Waals surface area (Å²) in [4.78, 5) is 101. The Morgan fingerprint density at radius 1 is 0.402 bits per heavy atom. The van der Waals surface area contributed by atoms with Crippen LogP contribution in [-0.2, 0) is 104 Å². The number of hydrogen-bond acceptors (Lipinski definition) is 17. The average molecular weight is 1750 g/mol. The molecular formula is C100H105ClN10O15S. The molecule has 5 spiro atoms. The molecule has 7 amide bonds. The Morgan fingerprint density at radius 2 is 0.685 bits per heavy atom.